The van der Waals surface area contributed by atoms with Crippen LogP contribution in [-0.4, -0.2) is 32.8 Å². The highest BCUT2D eigenvalue weighted by Gasteiger charge is 2.34. The van der Waals surface area contributed by atoms with E-state index in [0.717, 1.165) is 35.7 Å². The molecule has 5 nitrogen and oxygen atoms in total. The molecule has 0 radical (unpaired) electrons. The maximum atomic E-state index is 13.0. The smallest absolute Gasteiger partial charge is 0.237 e. The fraction of sp³-hybridized carbons (Fsp3) is 0.421. The van der Waals surface area contributed by atoms with Crippen LogP contribution in [0.15, 0.2) is 40.4 Å². The Bertz CT molecular complexity index is 832. The largest absolute Gasteiger partial charge is 0.330 e. The van der Waals surface area contributed by atoms with Gasteiger partial charge < -0.3 is 10.2 Å². The molecule has 1 fully saturated rings. The molecule has 8 heteroatoms. The van der Waals surface area contributed by atoms with Crippen LogP contribution in [0.3, 0.4) is 0 Å². The molecule has 4 rings (SSSR count). The number of hydrogen-bond donors (Lipinski definition) is 1. The van der Waals surface area contributed by atoms with Gasteiger partial charge in [0.1, 0.15) is 5.82 Å². The first-order valence-electron chi connectivity index (χ1n) is 9.19. The molecule has 0 atom stereocenters. The summed E-state index contributed by atoms with van der Waals surface area (Å²) in [4.78, 5) is 14.8. The SMILES string of the molecule is O=C(CSc1nnc(Nc2ccc(F)cc2)s1)N(C1=CCCCC1)C1CC1. The fourth-order valence-electron chi connectivity index (χ4n) is 3.14. The van der Waals surface area contributed by atoms with Gasteiger partial charge in [-0.2, -0.15) is 0 Å². The van der Waals surface area contributed by atoms with Gasteiger partial charge in [0.25, 0.3) is 0 Å². The maximum absolute atomic E-state index is 13.0. The minimum absolute atomic E-state index is 0.166. The summed E-state index contributed by atoms with van der Waals surface area (Å²) in [6.07, 6.45) is 8.94. The van der Waals surface area contributed by atoms with E-state index in [1.165, 1.54) is 53.8 Å². The number of nitrogens with one attached hydrogen (secondary N) is 1. The van der Waals surface area contributed by atoms with Crippen molar-refractivity contribution >= 4 is 39.8 Å². The van der Waals surface area contributed by atoms with Crippen LogP contribution in [0.4, 0.5) is 15.2 Å². The van der Waals surface area contributed by atoms with Crippen LogP contribution in [0.25, 0.3) is 0 Å². The number of carbonyl (C=O) groups is 1. The Morgan fingerprint density at radius 1 is 1.26 bits per heavy atom. The lowest BCUT2D eigenvalue weighted by atomic mass is 10.0. The number of benzene rings is 1. The molecule has 1 saturated carbocycles. The zero-order valence-electron chi connectivity index (χ0n) is 14.9. The Labute approximate surface area is 166 Å². The van der Waals surface area contributed by atoms with E-state index in [4.69, 9.17) is 0 Å². The number of amides is 1. The van der Waals surface area contributed by atoms with Gasteiger partial charge in [-0.1, -0.05) is 29.2 Å². The molecule has 1 N–H and O–H groups in total. The first-order chi connectivity index (χ1) is 13.2. The molecular formula is C19H21FN4OS2. The molecule has 2 aromatic rings. The summed E-state index contributed by atoms with van der Waals surface area (Å²) >= 11 is 2.82. The van der Waals surface area contributed by atoms with Crippen LogP contribution >= 0.6 is 23.1 Å². The number of aromatic nitrogens is 2. The van der Waals surface area contributed by atoms with Gasteiger partial charge in [0.2, 0.25) is 11.0 Å². The first-order valence-corrected chi connectivity index (χ1v) is 11.0. The molecule has 0 spiro atoms. The van der Waals surface area contributed by atoms with E-state index in [1.807, 2.05) is 4.90 Å². The molecule has 2 aliphatic carbocycles. The lowest BCUT2D eigenvalue weighted by molar-refractivity contribution is -0.127. The number of thioether (sulfide) groups is 1. The molecule has 1 aromatic heterocycles. The molecule has 2 aliphatic rings. The van der Waals surface area contributed by atoms with Crippen molar-refractivity contribution in [1.82, 2.24) is 15.1 Å². The van der Waals surface area contributed by atoms with Gasteiger partial charge in [-0.25, -0.2) is 4.39 Å². The molecule has 0 bridgehead atoms. The average molecular weight is 405 g/mol. The zero-order chi connectivity index (χ0) is 18.6. The van der Waals surface area contributed by atoms with Gasteiger partial charge in [-0.3, -0.25) is 4.79 Å². The lowest BCUT2D eigenvalue weighted by Gasteiger charge is -2.27. The van der Waals surface area contributed by atoms with Gasteiger partial charge in [0.05, 0.1) is 5.75 Å². The first kappa shape index (κ1) is 18.4. The van der Waals surface area contributed by atoms with Crippen molar-refractivity contribution in [2.24, 2.45) is 0 Å². The maximum Gasteiger partial charge on any atom is 0.237 e. The Kier molecular flexibility index (Phi) is 5.73. The van der Waals surface area contributed by atoms with Crippen LogP contribution in [0.5, 0.6) is 0 Å². The molecule has 1 amide bonds. The van der Waals surface area contributed by atoms with E-state index < -0.39 is 0 Å². The summed E-state index contributed by atoms with van der Waals surface area (Å²) in [5.41, 5.74) is 1.97. The van der Waals surface area contributed by atoms with Crippen molar-refractivity contribution < 1.29 is 9.18 Å². The van der Waals surface area contributed by atoms with Crippen LogP contribution in [0.1, 0.15) is 38.5 Å². The third-order valence-corrected chi connectivity index (χ3v) is 6.53. The van der Waals surface area contributed by atoms with Crippen LogP contribution in [0.2, 0.25) is 0 Å². The fourth-order valence-corrected chi connectivity index (χ4v) is 4.77. The molecule has 0 aliphatic heterocycles. The van der Waals surface area contributed by atoms with Crippen molar-refractivity contribution in [3.05, 3.63) is 41.9 Å². The lowest BCUT2D eigenvalue weighted by Crippen LogP contribution is -2.34. The van der Waals surface area contributed by atoms with E-state index >= 15 is 0 Å². The van der Waals surface area contributed by atoms with E-state index in [2.05, 4.69) is 21.6 Å². The Balaban J connectivity index is 1.34. The second-order valence-corrected chi connectivity index (χ2v) is 8.93. The summed E-state index contributed by atoms with van der Waals surface area (Å²) in [5.74, 6) is 0.263. The van der Waals surface area contributed by atoms with Crippen molar-refractivity contribution in [1.29, 1.82) is 0 Å². The number of allylic oxidation sites excluding steroid dienone is 2. The standard InChI is InChI=1S/C19H21FN4OS2/c20-13-6-8-14(9-7-13)21-18-22-23-19(27-18)26-12-17(25)24(16-10-11-16)15-4-2-1-3-5-15/h4,6-9,16H,1-3,5,10-12H2,(H,21,22). The molecule has 0 unspecified atom stereocenters. The number of nitrogens with zero attached hydrogens (tertiary/aromatic N) is 3. The highest BCUT2D eigenvalue weighted by Crippen LogP contribution is 2.35. The normalized spacial score (nSPS) is 16.7. The van der Waals surface area contributed by atoms with Gasteiger partial charge in [-0.15, -0.1) is 10.2 Å². The quantitative estimate of drug-likeness (QED) is 0.661. The molecule has 1 heterocycles. The van der Waals surface area contributed by atoms with Gasteiger partial charge >= 0.3 is 0 Å². The van der Waals surface area contributed by atoms with E-state index in [9.17, 15) is 9.18 Å². The van der Waals surface area contributed by atoms with Crippen molar-refractivity contribution in [3.8, 4) is 0 Å². The monoisotopic (exact) mass is 404 g/mol. The predicted octanol–water partition coefficient (Wildman–Crippen LogP) is 4.96. The molecule has 1 aromatic carbocycles. The van der Waals surface area contributed by atoms with Gasteiger partial charge in [0, 0.05) is 17.4 Å². The minimum atomic E-state index is -0.277. The van der Waals surface area contributed by atoms with Crippen molar-refractivity contribution in [3.63, 3.8) is 0 Å². The van der Waals surface area contributed by atoms with E-state index in [0.29, 0.717) is 16.9 Å². The highest BCUT2D eigenvalue weighted by molar-refractivity contribution is 8.01. The van der Waals surface area contributed by atoms with Gasteiger partial charge in [0.15, 0.2) is 4.34 Å². The highest BCUT2D eigenvalue weighted by atomic mass is 32.2. The topological polar surface area (TPSA) is 58.1 Å². The second kappa shape index (κ2) is 8.39. The van der Waals surface area contributed by atoms with Crippen molar-refractivity contribution in [2.45, 2.75) is 48.9 Å². The Hall–Kier alpha value is -1.93. The number of rotatable bonds is 7. The molecule has 0 saturated heterocycles. The zero-order valence-corrected chi connectivity index (χ0v) is 16.5. The summed E-state index contributed by atoms with van der Waals surface area (Å²) in [5, 5.41) is 12.0. The van der Waals surface area contributed by atoms with Crippen LogP contribution < -0.4 is 5.32 Å². The minimum Gasteiger partial charge on any atom is -0.330 e. The molecule has 27 heavy (non-hydrogen) atoms. The number of carbonyl (C=O) groups excluding carboxylic acids is 1. The third-order valence-electron chi connectivity index (χ3n) is 4.58. The summed E-state index contributed by atoms with van der Waals surface area (Å²) < 4.78 is 13.7. The number of hydrogen-bond acceptors (Lipinski definition) is 6. The average Bonchev–Trinajstić information content (AvgIpc) is 3.41. The number of anilines is 2. The Morgan fingerprint density at radius 3 is 2.78 bits per heavy atom. The predicted molar refractivity (Wildman–Crippen MR) is 107 cm³/mol. The van der Waals surface area contributed by atoms with E-state index in [-0.39, 0.29) is 11.7 Å². The van der Waals surface area contributed by atoms with Crippen molar-refractivity contribution in [2.75, 3.05) is 11.1 Å². The summed E-state index contributed by atoms with van der Waals surface area (Å²) in [6.45, 7) is 0. The van der Waals surface area contributed by atoms with Crippen LogP contribution in [-0.2, 0) is 4.79 Å². The summed E-state index contributed by atoms with van der Waals surface area (Å²) in [7, 11) is 0. The second-order valence-electron chi connectivity index (χ2n) is 6.73. The number of halogens is 1. The summed E-state index contributed by atoms with van der Waals surface area (Å²) in [6, 6.07) is 6.48. The third kappa shape index (κ3) is 4.87. The Morgan fingerprint density at radius 2 is 2.07 bits per heavy atom. The molecule has 142 valence electrons. The van der Waals surface area contributed by atoms with Gasteiger partial charge in [-0.05, 0) is 62.8 Å². The van der Waals surface area contributed by atoms with Crippen LogP contribution in [0, 0.1) is 5.82 Å². The molecular weight excluding hydrogens is 383 g/mol. The van der Waals surface area contributed by atoms with E-state index in [1.54, 1.807) is 12.1 Å².